The van der Waals surface area contributed by atoms with Crippen LogP contribution >= 0.6 is 22.7 Å². The van der Waals surface area contributed by atoms with Gasteiger partial charge in [-0.25, -0.2) is 14.6 Å². The zero-order valence-electron chi connectivity index (χ0n) is 47.7. The van der Waals surface area contributed by atoms with Gasteiger partial charge in [-0.3, -0.25) is 28.1 Å². The van der Waals surface area contributed by atoms with Crippen LogP contribution in [0.15, 0.2) is 112 Å². The van der Waals surface area contributed by atoms with Gasteiger partial charge in [0.2, 0.25) is 41.2 Å². The molecule has 0 amide bonds. The third-order valence-corrected chi connectivity index (χ3v) is 17.1. The molecule has 450 valence electrons. The van der Waals surface area contributed by atoms with Crippen LogP contribution < -0.4 is 33.9 Å². The van der Waals surface area contributed by atoms with E-state index in [9.17, 15) is 14.4 Å². The summed E-state index contributed by atoms with van der Waals surface area (Å²) in [5.74, 6) is 2.83. The summed E-state index contributed by atoms with van der Waals surface area (Å²) in [6, 6.07) is 25.0. The minimum absolute atomic E-state index is 0.000220. The summed E-state index contributed by atoms with van der Waals surface area (Å²) >= 11 is 2.45. The Morgan fingerprint density at radius 2 is 0.818 bits per heavy atom. The number of hydrogen-bond donors (Lipinski definition) is 3. The Labute approximate surface area is 505 Å². The van der Waals surface area contributed by atoms with E-state index in [0.717, 1.165) is 36.0 Å². The number of thiazole rings is 2. The van der Waals surface area contributed by atoms with Gasteiger partial charge in [-0.05, 0) is 56.7 Å². The monoisotopic (exact) mass is 1230 g/mol. The third kappa shape index (κ3) is 11.8. The molecular formula is C57H56N20O9S2. The maximum absolute atomic E-state index is 12.8. The fourth-order valence-corrected chi connectivity index (χ4v) is 11.9. The molecule has 3 saturated heterocycles. The van der Waals surface area contributed by atoms with Gasteiger partial charge in [0.15, 0.2) is 34.3 Å². The smallest absolute Gasteiger partial charge is 0.283 e. The van der Waals surface area contributed by atoms with Gasteiger partial charge in [0, 0.05) is 24.8 Å². The summed E-state index contributed by atoms with van der Waals surface area (Å²) in [7, 11) is 1.62. The lowest BCUT2D eigenvalue weighted by atomic mass is 9.99. The van der Waals surface area contributed by atoms with E-state index in [1.807, 2.05) is 0 Å². The number of hydrogen-bond acceptors (Lipinski definition) is 27. The maximum atomic E-state index is 12.8. The molecule has 0 bridgehead atoms. The number of aromatic nitrogens is 17. The van der Waals surface area contributed by atoms with E-state index in [-0.39, 0.29) is 107 Å². The molecular weight excluding hydrogens is 1170 g/mol. The van der Waals surface area contributed by atoms with Crippen LogP contribution in [0.25, 0.3) is 31.9 Å². The average molecular weight is 1230 g/mol. The van der Waals surface area contributed by atoms with Crippen molar-refractivity contribution in [3.05, 3.63) is 183 Å². The maximum Gasteiger partial charge on any atom is 0.283 e. The number of fused-ring (bicyclic) bond motifs is 3. The second kappa shape index (κ2) is 24.2. The molecule has 6 N–H and O–H groups in total. The molecule has 9 aromatic heterocycles. The molecule has 6 atom stereocenters. The Kier molecular flexibility index (Phi) is 15.7. The molecule has 3 aliphatic rings. The molecule has 3 aliphatic heterocycles. The number of aryl methyl sites for hydroxylation is 4. The zero-order valence-corrected chi connectivity index (χ0v) is 49.4. The molecule has 0 aliphatic carbocycles. The minimum Gasteiger partial charge on any atom is -0.373 e. The molecule has 29 nitrogen and oxygen atoms in total. The van der Waals surface area contributed by atoms with Gasteiger partial charge in [0.05, 0.1) is 49.2 Å². The first kappa shape index (κ1) is 57.3. The molecule has 88 heavy (non-hydrogen) atoms. The van der Waals surface area contributed by atoms with Crippen LogP contribution in [0.1, 0.15) is 124 Å². The van der Waals surface area contributed by atoms with Crippen molar-refractivity contribution < 1.29 is 27.8 Å². The number of rotatable bonds is 12. The molecule has 0 unspecified atom stereocenters. The number of anilines is 3. The fraction of sp³-hybridized carbons (Fsp3) is 0.333. The van der Waals surface area contributed by atoms with Gasteiger partial charge in [0.25, 0.3) is 16.7 Å². The highest BCUT2D eigenvalue weighted by atomic mass is 32.1. The first-order valence-corrected chi connectivity index (χ1v) is 29.7. The highest BCUT2D eigenvalue weighted by Crippen LogP contribution is 2.40. The van der Waals surface area contributed by atoms with Crippen LogP contribution in [0.3, 0.4) is 0 Å². The number of nitrogen functional groups attached to an aromatic ring is 3. The molecule has 0 saturated carbocycles. The lowest BCUT2D eigenvalue weighted by Crippen LogP contribution is -2.26. The van der Waals surface area contributed by atoms with E-state index in [4.69, 9.17) is 45.0 Å². The lowest BCUT2D eigenvalue weighted by molar-refractivity contribution is 0.110. The predicted molar refractivity (Wildman–Crippen MR) is 319 cm³/mol. The summed E-state index contributed by atoms with van der Waals surface area (Å²) < 4.78 is 40.1. The van der Waals surface area contributed by atoms with Crippen molar-refractivity contribution in [3.63, 3.8) is 0 Å². The highest BCUT2D eigenvalue weighted by Gasteiger charge is 2.34. The fourth-order valence-electron chi connectivity index (χ4n) is 10.6. The van der Waals surface area contributed by atoms with Gasteiger partial charge < -0.3 is 45.0 Å². The van der Waals surface area contributed by atoms with Crippen LogP contribution in [-0.2, 0) is 40.9 Å². The number of nitrogens with zero attached hydrogens (tertiary/aromatic N) is 17. The largest absolute Gasteiger partial charge is 0.373 e. The Bertz CT molecular complexity index is 4470. The first-order valence-electron chi connectivity index (χ1n) is 27.9. The van der Waals surface area contributed by atoms with Crippen LogP contribution in [0.5, 0.6) is 0 Å². The van der Waals surface area contributed by atoms with Crippen molar-refractivity contribution in [2.24, 2.45) is 7.05 Å². The standard InChI is InChI=1S/C19H20N8O3.2C19H18N6O3S/c1-10-3-5-11(6-4-10)13-7-12(9-29-13)16-21-14(30-24-16)8-27-18(28)15-17(22-19(27)20)23-25-26(15)2;2*1-10-2-4-11(5-3-10)13-6-12(8-27-13)16-22-14(28-24-16)7-25-18(26)15-17(21-9-29-15)23-19(25)20/h3-6,12-13H,7-9H2,1-2H3,(H2,20,22);2*2-5,9,12-13H,6-8H2,1H3,(H2,20,23)/t3*12-,13+/m000/s1. The van der Waals surface area contributed by atoms with Crippen LogP contribution in [-0.4, -0.2) is 104 Å². The van der Waals surface area contributed by atoms with Crippen molar-refractivity contribution in [1.82, 2.24) is 84.0 Å². The molecule has 3 fully saturated rings. The number of benzene rings is 3. The van der Waals surface area contributed by atoms with Gasteiger partial charge in [0.1, 0.15) is 29.0 Å². The van der Waals surface area contributed by atoms with Crippen molar-refractivity contribution in [1.29, 1.82) is 0 Å². The number of nitrogens with two attached hydrogens (primary N) is 3. The summed E-state index contributed by atoms with van der Waals surface area (Å²) in [5.41, 5.74) is 28.2. The minimum atomic E-state index is -0.367. The molecule has 31 heteroatoms. The Balaban J connectivity index is 0.000000122. The SMILES string of the molecule is Cc1ccc([C@H]2C[C@H](c3noc(Cn4c(N)nc5ncsc5c4=O)n3)CO2)cc1.Cc1ccc([C@H]2C[C@H](c3noc(Cn4c(N)nc5ncsc5c4=O)n3)CO2)cc1.Cc1ccc([C@H]2C[C@H](c3noc(Cn4c(N)nc5nnn(C)c5c4=O)n3)CO2)cc1. The molecule has 0 radical (unpaired) electrons. The summed E-state index contributed by atoms with van der Waals surface area (Å²) in [4.78, 5) is 71.9. The third-order valence-electron chi connectivity index (χ3n) is 15.5. The zero-order chi connectivity index (χ0) is 60.7. The Morgan fingerprint density at radius 1 is 0.477 bits per heavy atom. The van der Waals surface area contributed by atoms with Crippen molar-refractivity contribution in [3.8, 4) is 0 Å². The van der Waals surface area contributed by atoms with E-state index in [1.54, 1.807) is 18.1 Å². The average Bonchev–Trinajstić information content (AvgIpc) is 2.38. The van der Waals surface area contributed by atoms with Crippen molar-refractivity contribution in [2.45, 2.75) is 95.7 Å². The Hall–Kier alpha value is -9.82. The molecule has 12 heterocycles. The normalized spacial score (nSPS) is 19.1. The highest BCUT2D eigenvalue weighted by molar-refractivity contribution is 7.16. The van der Waals surface area contributed by atoms with Gasteiger partial charge in [-0.2, -0.15) is 29.9 Å². The molecule has 12 aromatic rings. The Morgan fingerprint density at radius 3 is 1.18 bits per heavy atom. The predicted octanol–water partition coefficient (Wildman–Crippen LogP) is 5.93. The summed E-state index contributed by atoms with van der Waals surface area (Å²) in [5, 5.41) is 19.9. The van der Waals surface area contributed by atoms with Crippen molar-refractivity contribution in [2.75, 3.05) is 37.0 Å². The molecule has 15 rings (SSSR count). The van der Waals surface area contributed by atoms with Crippen molar-refractivity contribution >= 4 is 72.4 Å². The van der Waals surface area contributed by atoms with Crippen LogP contribution in [0.4, 0.5) is 17.8 Å². The first-order chi connectivity index (χ1) is 42.7. The van der Waals surface area contributed by atoms with Gasteiger partial charge in [-0.15, -0.1) is 27.8 Å². The van der Waals surface area contributed by atoms with Crippen LogP contribution in [0, 0.1) is 20.8 Å². The molecule has 0 spiro atoms. The quantitative estimate of drug-likeness (QED) is 0.127. The lowest BCUT2D eigenvalue weighted by Gasteiger charge is -2.09. The van der Waals surface area contributed by atoms with Gasteiger partial charge in [-0.1, -0.05) is 110 Å². The van der Waals surface area contributed by atoms with Gasteiger partial charge >= 0.3 is 0 Å². The van der Waals surface area contributed by atoms with E-state index >= 15 is 0 Å². The molecule has 3 aromatic carbocycles. The topological polar surface area (TPSA) is 384 Å². The van der Waals surface area contributed by atoms with E-state index < -0.39 is 0 Å². The second-order valence-electron chi connectivity index (χ2n) is 21.6. The van der Waals surface area contributed by atoms with Crippen LogP contribution in [0.2, 0.25) is 0 Å². The summed E-state index contributed by atoms with van der Waals surface area (Å²) in [6.07, 6.45) is 2.34. The second-order valence-corrected chi connectivity index (χ2v) is 23.3. The summed E-state index contributed by atoms with van der Waals surface area (Å²) in [6.45, 7) is 7.86. The van der Waals surface area contributed by atoms with E-state index in [2.05, 4.69) is 159 Å². The van der Waals surface area contributed by atoms with E-state index in [1.165, 1.54) is 57.7 Å². The van der Waals surface area contributed by atoms with E-state index in [0.29, 0.717) is 69.8 Å². The number of ether oxygens (including phenoxy) is 3.